The van der Waals surface area contributed by atoms with Gasteiger partial charge in [-0.15, -0.1) is 11.3 Å². The number of hydrogen-bond acceptors (Lipinski definition) is 5. The maximum absolute atomic E-state index is 14.0. The Morgan fingerprint density at radius 1 is 0.971 bits per heavy atom. The molecule has 7 heteroatoms. The summed E-state index contributed by atoms with van der Waals surface area (Å²) in [5.41, 5.74) is 2.07. The smallest absolute Gasteiger partial charge is 0.254 e. The number of hydrogen-bond donors (Lipinski definition) is 1. The van der Waals surface area contributed by atoms with Crippen LogP contribution in [0.5, 0.6) is 11.5 Å². The van der Waals surface area contributed by atoms with Crippen LogP contribution in [0.1, 0.15) is 58.4 Å². The van der Waals surface area contributed by atoms with E-state index in [1.165, 1.54) is 0 Å². The molecule has 0 bridgehead atoms. The van der Waals surface area contributed by atoms with Crippen molar-refractivity contribution in [3.63, 3.8) is 0 Å². The van der Waals surface area contributed by atoms with E-state index in [4.69, 9.17) is 9.47 Å². The van der Waals surface area contributed by atoms with E-state index in [1.807, 2.05) is 58.8 Å². The van der Waals surface area contributed by atoms with Gasteiger partial charge in [-0.3, -0.25) is 9.59 Å². The molecule has 0 radical (unpaired) electrons. The minimum absolute atomic E-state index is 0.0317. The number of rotatable bonds is 4. The zero-order valence-electron chi connectivity index (χ0n) is 18.7. The van der Waals surface area contributed by atoms with Crippen LogP contribution >= 0.6 is 11.3 Å². The van der Waals surface area contributed by atoms with Gasteiger partial charge in [0.25, 0.3) is 5.91 Å². The summed E-state index contributed by atoms with van der Waals surface area (Å²) >= 11 is 1.60. The van der Waals surface area contributed by atoms with Crippen molar-refractivity contribution < 1.29 is 19.1 Å². The van der Waals surface area contributed by atoms with Crippen LogP contribution in [-0.2, 0) is 4.79 Å². The molecule has 6 nitrogen and oxygen atoms in total. The normalized spacial score (nSPS) is 21.9. The van der Waals surface area contributed by atoms with Crippen molar-refractivity contribution in [2.75, 3.05) is 18.5 Å². The summed E-state index contributed by atoms with van der Waals surface area (Å²) in [6.07, 6.45) is 4.18. The van der Waals surface area contributed by atoms with Gasteiger partial charge in [0.2, 0.25) is 5.91 Å². The minimum atomic E-state index is -0.513. The molecule has 34 heavy (non-hydrogen) atoms. The zero-order valence-corrected chi connectivity index (χ0v) is 19.6. The lowest BCUT2D eigenvalue weighted by Crippen LogP contribution is -2.49. The van der Waals surface area contributed by atoms with E-state index in [1.54, 1.807) is 17.4 Å². The molecule has 2 unspecified atom stereocenters. The second-order valence-corrected chi connectivity index (χ2v) is 10.0. The van der Waals surface area contributed by atoms with Crippen LogP contribution in [0.4, 0.5) is 5.69 Å². The summed E-state index contributed by atoms with van der Waals surface area (Å²) in [5.74, 6) is 0.705. The highest BCUT2D eigenvalue weighted by molar-refractivity contribution is 7.10. The molecule has 1 fully saturated rings. The van der Waals surface area contributed by atoms with E-state index in [2.05, 4.69) is 5.32 Å². The van der Waals surface area contributed by atoms with Gasteiger partial charge in [-0.05, 0) is 48.1 Å². The molecule has 3 aromatic rings. The first-order valence-electron chi connectivity index (χ1n) is 11.9. The largest absolute Gasteiger partial charge is 0.486 e. The van der Waals surface area contributed by atoms with Gasteiger partial charge in [-0.2, -0.15) is 0 Å². The Morgan fingerprint density at radius 2 is 1.76 bits per heavy atom. The molecule has 2 atom stereocenters. The molecule has 3 heterocycles. The summed E-state index contributed by atoms with van der Waals surface area (Å²) in [5, 5.41) is 5.13. The number of benzene rings is 2. The molecular formula is C27H26N2O4S. The van der Waals surface area contributed by atoms with Gasteiger partial charge in [0.15, 0.2) is 11.5 Å². The Hall–Kier alpha value is -3.32. The van der Waals surface area contributed by atoms with Gasteiger partial charge in [0.1, 0.15) is 13.2 Å². The molecule has 2 amide bonds. The zero-order chi connectivity index (χ0) is 23.1. The van der Waals surface area contributed by atoms with Crippen molar-refractivity contribution in [2.24, 2.45) is 0 Å². The first-order valence-corrected chi connectivity index (χ1v) is 12.7. The second-order valence-electron chi connectivity index (χ2n) is 9.02. The summed E-state index contributed by atoms with van der Waals surface area (Å²) in [4.78, 5) is 30.8. The maximum Gasteiger partial charge on any atom is 0.254 e. The Balaban J connectivity index is 1.42. The molecule has 1 saturated carbocycles. The summed E-state index contributed by atoms with van der Waals surface area (Å²) in [6, 6.07) is 16.9. The number of ether oxygens (including phenoxy) is 2. The van der Waals surface area contributed by atoms with Crippen LogP contribution in [0.2, 0.25) is 0 Å². The van der Waals surface area contributed by atoms with Crippen molar-refractivity contribution in [2.45, 2.75) is 43.7 Å². The van der Waals surface area contributed by atoms with Crippen molar-refractivity contribution in [1.29, 1.82) is 0 Å². The third kappa shape index (κ3) is 3.64. The van der Waals surface area contributed by atoms with Crippen molar-refractivity contribution >= 4 is 28.8 Å². The Morgan fingerprint density at radius 3 is 2.56 bits per heavy atom. The average Bonchev–Trinajstić information content (AvgIpc) is 3.58. The SMILES string of the molecule is O=C(Nc1ccc2c(c1)OCCO2)C1c2ccccc2C(=O)N(C2CCCC2)C1c1cccs1. The van der Waals surface area contributed by atoms with Crippen LogP contribution in [0.15, 0.2) is 60.0 Å². The van der Waals surface area contributed by atoms with E-state index in [0.29, 0.717) is 36.0 Å². The topological polar surface area (TPSA) is 67.9 Å². The Bertz CT molecular complexity index is 1220. The quantitative estimate of drug-likeness (QED) is 0.551. The second kappa shape index (κ2) is 8.80. The maximum atomic E-state index is 14.0. The Kier molecular flexibility index (Phi) is 5.49. The molecule has 1 N–H and O–H groups in total. The van der Waals surface area contributed by atoms with E-state index < -0.39 is 5.92 Å². The number of anilines is 1. The molecule has 1 aromatic heterocycles. The van der Waals surface area contributed by atoms with Gasteiger partial charge in [-0.1, -0.05) is 37.1 Å². The number of nitrogens with zero attached hydrogens (tertiary/aromatic N) is 1. The lowest BCUT2D eigenvalue weighted by Gasteiger charge is -2.44. The summed E-state index contributed by atoms with van der Waals surface area (Å²) in [6.45, 7) is 1.00. The fraction of sp³-hybridized carbons (Fsp3) is 0.333. The molecule has 2 aromatic carbocycles. The monoisotopic (exact) mass is 474 g/mol. The number of amides is 2. The van der Waals surface area contributed by atoms with E-state index in [-0.39, 0.29) is 23.9 Å². The van der Waals surface area contributed by atoms with E-state index >= 15 is 0 Å². The number of thiophene rings is 1. The first-order chi connectivity index (χ1) is 16.7. The minimum Gasteiger partial charge on any atom is -0.486 e. The number of fused-ring (bicyclic) bond motifs is 2. The predicted molar refractivity (Wildman–Crippen MR) is 131 cm³/mol. The van der Waals surface area contributed by atoms with Gasteiger partial charge >= 0.3 is 0 Å². The molecule has 1 aliphatic carbocycles. The fourth-order valence-corrected chi connectivity index (χ4v) is 6.38. The fourth-order valence-electron chi connectivity index (χ4n) is 5.52. The lowest BCUT2D eigenvalue weighted by atomic mass is 9.80. The molecular weight excluding hydrogens is 448 g/mol. The van der Waals surface area contributed by atoms with Crippen LogP contribution in [0.25, 0.3) is 0 Å². The molecule has 0 spiro atoms. The van der Waals surface area contributed by atoms with Crippen LogP contribution in [0.3, 0.4) is 0 Å². The average molecular weight is 475 g/mol. The van der Waals surface area contributed by atoms with E-state index in [0.717, 1.165) is 36.1 Å². The van der Waals surface area contributed by atoms with Gasteiger partial charge in [0.05, 0.1) is 12.0 Å². The third-order valence-corrected chi connectivity index (χ3v) is 7.96. The molecule has 174 valence electrons. The van der Waals surface area contributed by atoms with Crippen molar-refractivity contribution in [3.05, 3.63) is 76.0 Å². The number of carbonyl (C=O) groups excluding carboxylic acids is 2. The van der Waals surface area contributed by atoms with Gasteiger partial charge < -0.3 is 19.7 Å². The van der Waals surface area contributed by atoms with Gasteiger partial charge in [0, 0.05) is 28.2 Å². The molecule has 6 rings (SSSR count). The van der Waals surface area contributed by atoms with E-state index in [9.17, 15) is 9.59 Å². The van der Waals surface area contributed by atoms with Crippen molar-refractivity contribution in [1.82, 2.24) is 4.90 Å². The molecule has 3 aliphatic rings. The standard InChI is InChI=1S/C27H26N2O4S/c30-26(28-17-11-12-21-22(16-17)33-14-13-32-21)24-19-8-3-4-9-20(19)27(31)29(18-6-1-2-7-18)25(24)23-10-5-15-34-23/h3-5,8-12,15-16,18,24-25H,1-2,6-7,13-14H2,(H,28,30). The van der Waals surface area contributed by atoms with Crippen molar-refractivity contribution in [3.8, 4) is 11.5 Å². The predicted octanol–water partition coefficient (Wildman–Crippen LogP) is 5.38. The highest BCUT2D eigenvalue weighted by Crippen LogP contribution is 2.47. The lowest BCUT2D eigenvalue weighted by molar-refractivity contribution is -0.119. The highest BCUT2D eigenvalue weighted by Gasteiger charge is 2.47. The van der Waals surface area contributed by atoms with Crippen LogP contribution < -0.4 is 14.8 Å². The van der Waals surface area contributed by atoms with Crippen LogP contribution in [-0.4, -0.2) is 36.0 Å². The summed E-state index contributed by atoms with van der Waals surface area (Å²) < 4.78 is 11.3. The highest BCUT2D eigenvalue weighted by atomic mass is 32.1. The number of nitrogens with one attached hydrogen (secondary N) is 1. The molecule has 0 saturated heterocycles. The number of carbonyl (C=O) groups is 2. The third-order valence-electron chi connectivity index (χ3n) is 7.02. The Labute approximate surface area is 202 Å². The van der Waals surface area contributed by atoms with Gasteiger partial charge in [-0.25, -0.2) is 0 Å². The summed E-state index contributed by atoms with van der Waals surface area (Å²) in [7, 11) is 0. The molecule has 2 aliphatic heterocycles. The van der Waals surface area contributed by atoms with Crippen LogP contribution in [0, 0.1) is 0 Å². The first kappa shape index (κ1) is 21.2.